The summed E-state index contributed by atoms with van der Waals surface area (Å²) in [6.07, 6.45) is 0. The number of methoxy groups -OCH3 is 1. The van der Waals surface area contributed by atoms with E-state index in [1.807, 2.05) is 27.7 Å². The zero-order valence-corrected chi connectivity index (χ0v) is 13.5. The summed E-state index contributed by atoms with van der Waals surface area (Å²) in [4.78, 5) is 0. The van der Waals surface area contributed by atoms with Crippen LogP contribution in [0.25, 0.3) is 11.1 Å². The van der Waals surface area contributed by atoms with Gasteiger partial charge in [-0.05, 0) is 29.2 Å². The van der Waals surface area contributed by atoms with Crippen molar-refractivity contribution in [1.29, 1.82) is 0 Å². The van der Waals surface area contributed by atoms with Crippen molar-refractivity contribution in [2.75, 3.05) is 7.11 Å². The molecule has 1 aliphatic rings. The second-order valence-electron chi connectivity index (χ2n) is 4.33. The Balaban J connectivity index is 0.000000461. The molecule has 1 heteroatoms. The molecule has 0 unspecified atom stereocenters. The monoisotopic (exact) mass is 270 g/mol. The minimum atomic E-state index is -0.298. The summed E-state index contributed by atoms with van der Waals surface area (Å²) in [5.41, 5.74) is 4.81. The lowest BCUT2D eigenvalue weighted by molar-refractivity contribution is 0.0430. The molecule has 0 saturated carbocycles. The molecular weight excluding hydrogens is 244 g/mol. The second kappa shape index (κ2) is 7.25. The normalized spacial score (nSPS) is 13.1. The summed E-state index contributed by atoms with van der Waals surface area (Å²) in [6, 6.07) is 16.9. The molecular formula is C19H26O. The third kappa shape index (κ3) is 2.51. The van der Waals surface area contributed by atoms with Crippen molar-refractivity contribution in [3.8, 4) is 11.1 Å². The van der Waals surface area contributed by atoms with Crippen molar-refractivity contribution in [2.24, 2.45) is 0 Å². The first-order valence-electron chi connectivity index (χ1n) is 7.52. The molecule has 0 spiro atoms. The van der Waals surface area contributed by atoms with Crippen LogP contribution in [0.15, 0.2) is 48.5 Å². The van der Waals surface area contributed by atoms with Crippen LogP contribution in [0.2, 0.25) is 0 Å². The zero-order valence-electron chi connectivity index (χ0n) is 13.5. The zero-order chi connectivity index (χ0) is 15.2. The highest BCUT2D eigenvalue weighted by Crippen LogP contribution is 2.48. The highest BCUT2D eigenvalue weighted by atomic mass is 16.5. The molecule has 0 radical (unpaired) electrons. The highest BCUT2D eigenvalue weighted by Gasteiger charge is 2.38. The van der Waals surface area contributed by atoms with E-state index >= 15 is 0 Å². The predicted molar refractivity (Wildman–Crippen MR) is 88.0 cm³/mol. The number of fused-ring (bicyclic) bond motifs is 3. The Hall–Kier alpha value is -1.60. The molecule has 0 atom stereocenters. The molecule has 0 bridgehead atoms. The molecule has 1 nitrogen and oxygen atoms in total. The van der Waals surface area contributed by atoms with Gasteiger partial charge in [-0.3, -0.25) is 0 Å². The maximum atomic E-state index is 5.75. The van der Waals surface area contributed by atoms with Gasteiger partial charge >= 0.3 is 0 Å². The van der Waals surface area contributed by atoms with Gasteiger partial charge in [0.25, 0.3) is 0 Å². The largest absolute Gasteiger partial charge is 0.369 e. The predicted octanol–water partition coefficient (Wildman–Crippen LogP) is 5.63. The van der Waals surface area contributed by atoms with E-state index in [1.54, 1.807) is 7.11 Å². The lowest BCUT2D eigenvalue weighted by Crippen LogP contribution is -2.22. The Morgan fingerprint density at radius 2 is 1.05 bits per heavy atom. The molecule has 0 amide bonds. The van der Waals surface area contributed by atoms with E-state index in [2.05, 4.69) is 55.5 Å². The van der Waals surface area contributed by atoms with Crippen LogP contribution >= 0.6 is 0 Å². The van der Waals surface area contributed by atoms with E-state index in [-0.39, 0.29) is 5.60 Å². The summed E-state index contributed by atoms with van der Waals surface area (Å²) in [5.74, 6) is 0. The lowest BCUT2D eigenvalue weighted by atomic mass is 9.93. The quantitative estimate of drug-likeness (QED) is 0.652. The third-order valence-electron chi connectivity index (χ3n) is 3.58. The molecule has 20 heavy (non-hydrogen) atoms. The molecule has 0 N–H and O–H groups in total. The third-order valence-corrected chi connectivity index (χ3v) is 3.58. The van der Waals surface area contributed by atoms with Gasteiger partial charge < -0.3 is 4.74 Å². The van der Waals surface area contributed by atoms with Crippen LogP contribution in [0.5, 0.6) is 0 Å². The van der Waals surface area contributed by atoms with E-state index in [0.717, 1.165) is 0 Å². The Morgan fingerprint density at radius 1 is 0.700 bits per heavy atom. The fraction of sp³-hybridized carbons (Fsp3) is 0.368. The van der Waals surface area contributed by atoms with Crippen molar-refractivity contribution in [2.45, 2.75) is 40.2 Å². The molecule has 2 aromatic rings. The molecule has 0 aliphatic heterocycles. The van der Waals surface area contributed by atoms with E-state index in [0.29, 0.717) is 0 Å². The summed E-state index contributed by atoms with van der Waals surface area (Å²) in [7, 11) is 1.78. The summed E-state index contributed by atoms with van der Waals surface area (Å²) < 4.78 is 5.75. The number of benzene rings is 2. The van der Waals surface area contributed by atoms with Crippen LogP contribution in [-0.2, 0) is 10.3 Å². The number of ether oxygens (including phenoxy) is 1. The van der Waals surface area contributed by atoms with Gasteiger partial charge in [-0.25, -0.2) is 0 Å². The van der Waals surface area contributed by atoms with E-state index in [4.69, 9.17) is 4.74 Å². The summed E-state index contributed by atoms with van der Waals surface area (Å²) >= 11 is 0. The van der Waals surface area contributed by atoms with Gasteiger partial charge in [-0.2, -0.15) is 0 Å². The first-order chi connectivity index (χ1) is 9.77. The van der Waals surface area contributed by atoms with Gasteiger partial charge in [0.1, 0.15) is 5.60 Å². The molecule has 2 aromatic carbocycles. The van der Waals surface area contributed by atoms with Crippen LogP contribution in [0.1, 0.15) is 45.7 Å². The SMILES string of the molecule is CC.CC.COC1(C)c2ccccc2-c2ccccc21. The van der Waals surface area contributed by atoms with Crippen LogP contribution in [0, 0.1) is 0 Å². The minimum Gasteiger partial charge on any atom is -0.369 e. The molecule has 1 aliphatic carbocycles. The summed E-state index contributed by atoms with van der Waals surface area (Å²) in [5, 5.41) is 0. The minimum absolute atomic E-state index is 0.298. The van der Waals surface area contributed by atoms with Crippen LogP contribution in [-0.4, -0.2) is 7.11 Å². The first-order valence-corrected chi connectivity index (χ1v) is 7.52. The van der Waals surface area contributed by atoms with Crippen LogP contribution < -0.4 is 0 Å². The summed E-state index contributed by atoms with van der Waals surface area (Å²) in [6.45, 7) is 10.1. The molecule has 108 valence electrons. The maximum Gasteiger partial charge on any atom is 0.116 e. The fourth-order valence-electron chi connectivity index (χ4n) is 2.63. The van der Waals surface area contributed by atoms with Crippen molar-refractivity contribution in [3.63, 3.8) is 0 Å². The topological polar surface area (TPSA) is 9.23 Å². The van der Waals surface area contributed by atoms with Crippen molar-refractivity contribution < 1.29 is 4.74 Å². The van der Waals surface area contributed by atoms with Crippen molar-refractivity contribution >= 4 is 0 Å². The number of rotatable bonds is 1. The Labute approximate surface area is 123 Å². The Kier molecular flexibility index (Phi) is 5.97. The van der Waals surface area contributed by atoms with Gasteiger partial charge in [0, 0.05) is 7.11 Å². The van der Waals surface area contributed by atoms with Gasteiger partial charge in [0.15, 0.2) is 0 Å². The maximum absolute atomic E-state index is 5.75. The van der Waals surface area contributed by atoms with Crippen LogP contribution in [0.3, 0.4) is 0 Å². The average molecular weight is 270 g/mol. The van der Waals surface area contributed by atoms with Crippen molar-refractivity contribution in [3.05, 3.63) is 59.7 Å². The smallest absolute Gasteiger partial charge is 0.116 e. The lowest BCUT2D eigenvalue weighted by Gasteiger charge is -2.25. The van der Waals surface area contributed by atoms with Gasteiger partial charge in [-0.15, -0.1) is 0 Å². The van der Waals surface area contributed by atoms with E-state index in [1.165, 1.54) is 22.3 Å². The fourth-order valence-corrected chi connectivity index (χ4v) is 2.63. The van der Waals surface area contributed by atoms with Crippen molar-refractivity contribution in [1.82, 2.24) is 0 Å². The Bertz CT molecular complexity index is 497. The van der Waals surface area contributed by atoms with Gasteiger partial charge in [-0.1, -0.05) is 76.2 Å². The van der Waals surface area contributed by atoms with E-state index < -0.39 is 0 Å². The number of hydrogen-bond acceptors (Lipinski definition) is 1. The molecule has 0 saturated heterocycles. The number of hydrogen-bond donors (Lipinski definition) is 0. The first kappa shape index (κ1) is 16.5. The molecule has 0 aromatic heterocycles. The van der Waals surface area contributed by atoms with Gasteiger partial charge in [0.05, 0.1) is 0 Å². The second-order valence-corrected chi connectivity index (χ2v) is 4.33. The Morgan fingerprint density at radius 3 is 1.40 bits per heavy atom. The standard InChI is InChI=1S/C15H14O.2C2H6/c1-15(16-2)13-9-5-3-7-11(13)12-8-4-6-10-14(12)15;2*1-2/h3-10H,1-2H3;2*1-2H3. The van der Waals surface area contributed by atoms with E-state index in [9.17, 15) is 0 Å². The van der Waals surface area contributed by atoms with Crippen LogP contribution in [0.4, 0.5) is 0 Å². The van der Waals surface area contributed by atoms with Gasteiger partial charge in [0.2, 0.25) is 0 Å². The molecule has 0 fully saturated rings. The highest BCUT2D eigenvalue weighted by molar-refractivity contribution is 5.79. The molecule has 3 rings (SSSR count). The molecule has 0 heterocycles. The average Bonchev–Trinajstić information content (AvgIpc) is 2.82.